The van der Waals surface area contributed by atoms with Crippen molar-refractivity contribution in [3.8, 4) is 0 Å². The van der Waals surface area contributed by atoms with Crippen LogP contribution in [0.15, 0.2) is 52.9 Å². The quantitative estimate of drug-likeness (QED) is 0.182. The van der Waals surface area contributed by atoms with Crippen LogP contribution in [-0.2, 0) is 6.54 Å². The number of rotatable bonds is 10. The van der Waals surface area contributed by atoms with Crippen LogP contribution in [0.5, 0.6) is 0 Å². The van der Waals surface area contributed by atoms with Crippen molar-refractivity contribution in [2.24, 2.45) is 4.99 Å². The summed E-state index contributed by atoms with van der Waals surface area (Å²) in [6.45, 7) is 5.62. The molecule has 1 aromatic heterocycles. The van der Waals surface area contributed by atoms with E-state index in [0.717, 1.165) is 50.7 Å². The summed E-state index contributed by atoms with van der Waals surface area (Å²) in [4.78, 5) is 5.92. The van der Waals surface area contributed by atoms with Crippen LogP contribution in [0, 0.1) is 0 Å². The first-order chi connectivity index (χ1) is 11.9. The van der Waals surface area contributed by atoms with Gasteiger partial charge >= 0.3 is 0 Å². The predicted octanol–water partition coefficient (Wildman–Crippen LogP) is 3.02. The van der Waals surface area contributed by atoms with Crippen LogP contribution in [-0.4, -0.2) is 46.1 Å². The van der Waals surface area contributed by atoms with E-state index in [1.54, 1.807) is 12.7 Å². The molecule has 0 amide bonds. The smallest absolute Gasteiger partial charge is 0.191 e. The minimum Gasteiger partial charge on any atom is -0.357 e. The summed E-state index contributed by atoms with van der Waals surface area (Å²) in [6.07, 6.45) is 5.62. The molecule has 0 atom stereocenters. The van der Waals surface area contributed by atoms with Crippen molar-refractivity contribution in [2.75, 3.05) is 25.4 Å². The summed E-state index contributed by atoms with van der Waals surface area (Å²) in [7, 11) is 0. The van der Waals surface area contributed by atoms with Gasteiger partial charge in [0.05, 0.1) is 0 Å². The third-order valence-electron chi connectivity index (χ3n) is 3.31. The van der Waals surface area contributed by atoms with E-state index in [-0.39, 0.29) is 24.0 Å². The van der Waals surface area contributed by atoms with Gasteiger partial charge in [-0.2, -0.15) is 0 Å². The largest absolute Gasteiger partial charge is 0.357 e. The Morgan fingerprint density at radius 3 is 2.60 bits per heavy atom. The Labute approximate surface area is 171 Å². The van der Waals surface area contributed by atoms with Crippen LogP contribution in [0.4, 0.5) is 0 Å². The number of nitrogens with one attached hydrogen (secondary N) is 2. The predicted molar refractivity (Wildman–Crippen MR) is 116 cm³/mol. The summed E-state index contributed by atoms with van der Waals surface area (Å²) >= 11 is 1.85. The second kappa shape index (κ2) is 13.9. The SMILES string of the molecule is CCNC(=NCCCCn1cnnc1)NCCSc1ccccc1.I. The molecule has 0 bridgehead atoms. The van der Waals surface area contributed by atoms with Crippen LogP contribution in [0.2, 0.25) is 0 Å². The average Bonchev–Trinajstić information content (AvgIpc) is 3.12. The number of thioether (sulfide) groups is 1. The lowest BCUT2D eigenvalue weighted by Gasteiger charge is -2.11. The molecule has 0 fully saturated rings. The van der Waals surface area contributed by atoms with E-state index in [1.165, 1.54) is 4.90 Å². The molecular weight excluding hydrogens is 447 g/mol. The standard InChI is InChI=1S/C17H26N6S.HI/c1-2-18-17(19-10-6-7-12-23-14-21-22-15-23)20-11-13-24-16-8-4-3-5-9-16;/h3-5,8-9,14-15H,2,6-7,10-13H2,1H3,(H2,18,19,20);1H. The normalized spacial score (nSPS) is 11.0. The monoisotopic (exact) mass is 474 g/mol. The van der Waals surface area contributed by atoms with Crippen LogP contribution in [0.3, 0.4) is 0 Å². The molecule has 1 heterocycles. The highest BCUT2D eigenvalue weighted by Crippen LogP contribution is 2.15. The number of hydrogen-bond acceptors (Lipinski definition) is 4. The molecule has 0 aliphatic rings. The van der Waals surface area contributed by atoms with Gasteiger partial charge in [0.1, 0.15) is 12.7 Å². The van der Waals surface area contributed by atoms with E-state index in [9.17, 15) is 0 Å². The van der Waals surface area contributed by atoms with Gasteiger partial charge in [0.2, 0.25) is 0 Å². The van der Waals surface area contributed by atoms with Gasteiger partial charge in [0, 0.05) is 36.8 Å². The lowest BCUT2D eigenvalue weighted by Crippen LogP contribution is -2.38. The van der Waals surface area contributed by atoms with Crippen LogP contribution < -0.4 is 10.6 Å². The topological polar surface area (TPSA) is 67.1 Å². The molecule has 0 unspecified atom stereocenters. The minimum absolute atomic E-state index is 0. The number of benzene rings is 1. The Bertz CT molecular complexity index is 576. The number of halogens is 1. The van der Waals surface area contributed by atoms with E-state index in [1.807, 2.05) is 22.4 Å². The van der Waals surface area contributed by atoms with Gasteiger partial charge in [-0.15, -0.1) is 45.9 Å². The highest BCUT2D eigenvalue weighted by atomic mass is 127. The second-order valence-corrected chi connectivity index (χ2v) is 6.42. The average molecular weight is 474 g/mol. The van der Waals surface area contributed by atoms with Gasteiger partial charge in [-0.25, -0.2) is 0 Å². The molecule has 0 aliphatic carbocycles. The fourth-order valence-corrected chi connectivity index (χ4v) is 2.92. The van der Waals surface area contributed by atoms with Gasteiger partial charge in [-0.05, 0) is 31.9 Å². The van der Waals surface area contributed by atoms with Crippen LogP contribution >= 0.6 is 35.7 Å². The molecule has 2 rings (SSSR count). The lowest BCUT2D eigenvalue weighted by atomic mass is 10.3. The molecule has 6 nitrogen and oxygen atoms in total. The molecule has 0 aliphatic heterocycles. The van der Waals surface area contributed by atoms with E-state index < -0.39 is 0 Å². The third kappa shape index (κ3) is 9.69. The van der Waals surface area contributed by atoms with Gasteiger partial charge in [0.15, 0.2) is 5.96 Å². The zero-order valence-corrected chi connectivity index (χ0v) is 17.7. The number of unbranched alkanes of at least 4 members (excludes halogenated alkanes) is 1. The summed E-state index contributed by atoms with van der Waals surface area (Å²) in [5.74, 6) is 1.91. The first kappa shape index (κ1) is 21.8. The van der Waals surface area contributed by atoms with Crippen molar-refractivity contribution in [1.29, 1.82) is 0 Å². The molecule has 0 spiro atoms. The second-order valence-electron chi connectivity index (χ2n) is 5.26. The van der Waals surface area contributed by atoms with Crippen molar-refractivity contribution < 1.29 is 0 Å². The third-order valence-corrected chi connectivity index (χ3v) is 4.33. The summed E-state index contributed by atoms with van der Waals surface area (Å²) in [5.41, 5.74) is 0. The van der Waals surface area contributed by atoms with Gasteiger partial charge in [0.25, 0.3) is 0 Å². The van der Waals surface area contributed by atoms with Crippen molar-refractivity contribution in [3.05, 3.63) is 43.0 Å². The molecule has 1 aromatic carbocycles. The molecule has 0 saturated carbocycles. The van der Waals surface area contributed by atoms with Crippen molar-refractivity contribution >= 4 is 41.7 Å². The Hall–Kier alpha value is -1.29. The maximum absolute atomic E-state index is 4.62. The van der Waals surface area contributed by atoms with Gasteiger partial charge in [-0.3, -0.25) is 4.99 Å². The molecule has 2 N–H and O–H groups in total. The number of hydrogen-bond donors (Lipinski definition) is 2. The van der Waals surface area contributed by atoms with Gasteiger partial charge in [-0.1, -0.05) is 18.2 Å². The molecular formula is C17H27IN6S. The summed E-state index contributed by atoms with van der Waals surface area (Å²) < 4.78 is 1.99. The molecule has 138 valence electrons. The highest BCUT2D eigenvalue weighted by Gasteiger charge is 1.98. The van der Waals surface area contributed by atoms with E-state index in [4.69, 9.17) is 0 Å². The van der Waals surface area contributed by atoms with Crippen LogP contribution in [0.1, 0.15) is 19.8 Å². The molecule has 8 heteroatoms. The zero-order chi connectivity index (χ0) is 16.9. The van der Waals surface area contributed by atoms with Crippen molar-refractivity contribution in [3.63, 3.8) is 0 Å². The first-order valence-corrected chi connectivity index (χ1v) is 9.39. The van der Waals surface area contributed by atoms with Crippen molar-refractivity contribution in [1.82, 2.24) is 25.4 Å². The first-order valence-electron chi connectivity index (χ1n) is 8.41. The Kier molecular flexibility index (Phi) is 12.1. The highest BCUT2D eigenvalue weighted by molar-refractivity contribution is 14.0. The van der Waals surface area contributed by atoms with Crippen LogP contribution in [0.25, 0.3) is 0 Å². The molecule has 0 saturated heterocycles. The molecule has 25 heavy (non-hydrogen) atoms. The van der Waals surface area contributed by atoms with Crippen molar-refractivity contribution in [2.45, 2.75) is 31.2 Å². The van der Waals surface area contributed by atoms with E-state index in [2.05, 4.69) is 57.0 Å². The Morgan fingerprint density at radius 2 is 1.88 bits per heavy atom. The zero-order valence-electron chi connectivity index (χ0n) is 14.6. The Morgan fingerprint density at radius 1 is 1.12 bits per heavy atom. The van der Waals surface area contributed by atoms with Gasteiger partial charge < -0.3 is 15.2 Å². The summed E-state index contributed by atoms with van der Waals surface area (Å²) in [6, 6.07) is 10.5. The number of aryl methyl sites for hydroxylation is 1. The number of guanidine groups is 1. The lowest BCUT2D eigenvalue weighted by molar-refractivity contribution is 0.612. The molecule has 0 radical (unpaired) electrons. The number of aromatic nitrogens is 3. The number of nitrogens with zero attached hydrogens (tertiary/aromatic N) is 4. The maximum Gasteiger partial charge on any atom is 0.191 e. The molecule has 2 aromatic rings. The van der Waals surface area contributed by atoms with E-state index >= 15 is 0 Å². The Balaban J connectivity index is 0.00000312. The fraction of sp³-hybridized carbons (Fsp3) is 0.471. The summed E-state index contributed by atoms with van der Waals surface area (Å²) in [5, 5.41) is 14.3. The van der Waals surface area contributed by atoms with E-state index in [0.29, 0.717) is 0 Å². The number of aliphatic imine (C=N–C) groups is 1. The maximum atomic E-state index is 4.62. The fourth-order valence-electron chi connectivity index (χ4n) is 2.13. The minimum atomic E-state index is 0.